The normalized spacial score (nSPS) is 13.9. The van der Waals surface area contributed by atoms with Gasteiger partial charge in [-0.1, -0.05) is 17.7 Å². The summed E-state index contributed by atoms with van der Waals surface area (Å²) >= 11 is 0. The van der Waals surface area contributed by atoms with Crippen LogP contribution >= 0.6 is 0 Å². The number of aliphatic hydroxyl groups is 1. The zero-order valence-corrected chi connectivity index (χ0v) is 10.4. The highest BCUT2D eigenvalue weighted by atomic mass is 16.5. The molecule has 1 amide bonds. The molecule has 1 aromatic rings. The molecule has 4 nitrogen and oxygen atoms in total. The minimum Gasteiger partial charge on any atom is -0.481 e. The minimum absolute atomic E-state index is 0.0804. The van der Waals surface area contributed by atoms with Gasteiger partial charge in [0, 0.05) is 6.04 Å². The van der Waals surface area contributed by atoms with E-state index in [9.17, 15) is 4.79 Å². The van der Waals surface area contributed by atoms with E-state index in [0.717, 1.165) is 5.56 Å². The number of hydrogen-bond acceptors (Lipinski definition) is 3. The van der Waals surface area contributed by atoms with Crippen LogP contribution < -0.4 is 10.1 Å². The Morgan fingerprint density at radius 3 is 2.47 bits per heavy atom. The molecular formula is C13H19NO3. The van der Waals surface area contributed by atoms with Crippen molar-refractivity contribution in [3.63, 3.8) is 0 Å². The molecule has 0 saturated heterocycles. The second kappa shape index (κ2) is 6.25. The molecule has 94 valence electrons. The Bertz CT molecular complexity index is 361. The standard InChI is InChI=1S/C13H19NO3/c1-9-4-6-12(7-5-9)17-11(3)13(16)14-10(2)8-15/h4-7,10-11,15H,8H2,1-3H3,(H,14,16)/t10-,11?/m0/s1. The van der Waals surface area contributed by atoms with Gasteiger partial charge in [-0.2, -0.15) is 0 Å². The molecule has 0 aliphatic rings. The quantitative estimate of drug-likeness (QED) is 0.810. The first kappa shape index (κ1) is 13.5. The molecule has 2 atom stereocenters. The molecule has 1 aromatic carbocycles. The highest BCUT2D eigenvalue weighted by Crippen LogP contribution is 2.13. The fourth-order valence-electron chi connectivity index (χ4n) is 1.28. The molecule has 0 spiro atoms. The lowest BCUT2D eigenvalue weighted by Crippen LogP contribution is -2.42. The van der Waals surface area contributed by atoms with E-state index < -0.39 is 6.10 Å². The van der Waals surface area contributed by atoms with Gasteiger partial charge in [0.2, 0.25) is 0 Å². The van der Waals surface area contributed by atoms with Gasteiger partial charge >= 0.3 is 0 Å². The topological polar surface area (TPSA) is 58.6 Å². The third kappa shape index (κ3) is 4.44. The Hall–Kier alpha value is -1.55. The number of nitrogens with one attached hydrogen (secondary N) is 1. The van der Waals surface area contributed by atoms with Crippen LogP contribution in [-0.2, 0) is 4.79 Å². The maximum atomic E-state index is 11.6. The summed E-state index contributed by atoms with van der Waals surface area (Å²) in [6.07, 6.45) is -0.577. The highest BCUT2D eigenvalue weighted by Gasteiger charge is 2.16. The van der Waals surface area contributed by atoms with Crippen LogP contribution in [0.5, 0.6) is 5.75 Å². The number of amides is 1. The Morgan fingerprint density at radius 1 is 1.35 bits per heavy atom. The number of hydrogen-bond donors (Lipinski definition) is 2. The molecule has 0 heterocycles. The zero-order chi connectivity index (χ0) is 12.8. The molecule has 1 rings (SSSR count). The van der Waals surface area contributed by atoms with E-state index in [4.69, 9.17) is 9.84 Å². The number of benzene rings is 1. The first-order valence-electron chi connectivity index (χ1n) is 5.67. The Kier molecular flexibility index (Phi) is 4.97. The molecule has 0 saturated carbocycles. The van der Waals surface area contributed by atoms with Crippen molar-refractivity contribution in [2.24, 2.45) is 0 Å². The van der Waals surface area contributed by atoms with E-state index in [1.807, 2.05) is 31.2 Å². The summed E-state index contributed by atoms with van der Waals surface area (Å²) in [5.74, 6) is 0.432. The Labute approximate surface area is 102 Å². The third-order valence-electron chi connectivity index (χ3n) is 2.37. The summed E-state index contributed by atoms with van der Waals surface area (Å²) in [5, 5.41) is 11.5. The fourth-order valence-corrected chi connectivity index (χ4v) is 1.28. The average molecular weight is 237 g/mol. The summed E-state index contributed by atoms with van der Waals surface area (Å²) in [6, 6.07) is 7.25. The second-order valence-electron chi connectivity index (χ2n) is 4.17. The van der Waals surface area contributed by atoms with Crippen LogP contribution in [0.3, 0.4) is 0 Å². The van der Waals surface area contributed by atoms with Gasteiger partial charge in [0.25, 0.3) is 5.91 Å². The van der Waals surface area contributed by atoms with E-state index in [-0.39, 0.29) is 18.6 Å². The lowest BCUT2D eigenvalue weighted by Gasteiger charge is -2.17. The van der Waals surface area contributed by atoms with Crippen molar-refractivity contribution in [3.05, 3.63) is 29.8 Å². The number of aliphatic hydroxyl groups excluding tert-OH is 1. The summed E-state index contributed by atoms with van der Waals surface area (Å²) in [7, 11) is 0. The summed E-state index contributed by atoms with van der Waals surface area (Å²) in [6.45, 7) is 5.32. The third-order valence-corrected chi connectivity index (χ3v) is 2.37. The van der Waals surface area contributed by atoms with E-state index in [1.165, 1.54) is 0 Å². The Balaban J connectivity index is 2.51. The molecule has 4 heteroatoms. The monoisotopic (exact) mass is 237 g/mol. The van der Waals surface area contributed by atoms with Crippen LogP contribution in [0, 0.1) is 6.92 Å². The lowest BCUT2D eigenvalue weighted by molar-refractivity contribution is -0.128. The van der Waals surface area contributed by atoms with E-state index in [0.29, 0.717) is 5.75 Å². The lowest BCUT2D eigenvalue weighted by atomic mass is 10.2. The largest absolute Gasteiger partial charge is 0.481 e. The zero-order valence-electron chi connectivity index (χ0n) is 10.4. The van der Waals surface area contributed by atoms with Crippen molar-refractivity contribution >= 4 is 5.91 Å². The van der Waals surface area contributed by atoms with Crippen LogP contribution in [0.2, 0.25) is 0 Å². The van der Waals surface area contributed by atoms with Gasteiger partial charge in [0.05, 0.1) is 6.61 Å². The molecule has 0 radical (unpaired) electrons. The van der Waals surface area contributed by atoms with E-state index >= 15 is 0 Å². The molecule has 0 aromatic heterocycles. The van der Waals surface area contributed by atoms with Crippen LogP contribution in [0.25, 0.3) is 0 Å². The predicted octanol–water partition coefficient (Wildman–Crippen LogP) is 1.26. The van der Waals surface area contributed by atoms with Crippen molar-refractivity contribution < 1.29 is 14.6 Å². The summed E-state index contributed by atoms with van der Waals surface area (Å²) in [4.78, 5) is 11.6. The highest BCUT2D eigenvalue weighted by molar-refractivity contribution is 5.80. The molecule has 1 unspecified atom stereocenters. The molecule has 0 fully saturated rings. The van der Waals surface area contributed by atoms with Crippen LogP contribution in [0.1, 0.15) is 19.4 Å². The van der Waals surface area contributed by atoms with Gasteiger partial charge in [0.15, 0.2) is 6.10 Å². The first-order chi connectivity index (χ1) is 8.02. The number of rotatable bonds is 5. The minimum atomic E-state index is -0.577. The second-order valence-corrected chi connectivity index (χ2v) is 4.17. The first-order valence-corrected chi connectivity index (χ1v) is 5.67. The molecule has 0 aliphatic heterocycles. The van der Waals surface area contributed by atoms with E-state index in [2.05, 4.69) is 5.32 Å². The number of carbonyl (C=O) groups excluding carboxylic acids is 1. The SMILES string of the molecule is Cc1ccc(OC(C)C(=O)N[C@@H](C)CO)cc1. The van der Waals surface area contributed by atoms with E-state index in [1.54, 1.807) is 13.8 Å². The molecule has 0 bridgehead atoms. The van der Waals surface area contributed by atoms with Crippen molar-refractivity contribution in [2.45, 2.75) is 32.9 Å². The van der Waals surface area contributed by atoms with Gasteiger partial charge < -0.3 is 15.2 Å². The van der Waals surface area contributed by atoms with Gasteiger partial charge in [-0.05, 0) is 32.9 Å². The molecule has 2 N–H and O–H groups in total. The number of aryl methyl sites for hydroxylation is 1. The average Bonchev–Trinajstić information content (AvgIpc) is 2.31. The van der Waals surface area contributed by atoms with Gasteiger partial charge in [-0.15, -0.1) is 0 Å². The molecular weight excluding hydrogens is 218 g/mol. The van der Waals surface area contributed by atoms with Gasteiger partial charge in [-0.25, -0.2) is 0 Å². The predicted molar refractivity (Wildman–Crippen MR) is 66.0 cm³/mol. The van der Waals surface area contributed by atoms with Crippen molar-refractivity contribution in [1.29, 1.82) is 0 Å². The van der Waals surface area contributed by atoms with Crippen LogP contribution in [0.4, 0.5) is 0 Å². The molecule has 0 aliphatic carbocycles. The smallest absolute Gasteiger partial charge is 0.261 e. The maximum absolute atomic E-state index is 11.6. The van der Waals surface area contributed by atoms with Crippen molar-refractivity contribution in [3.8, 4) is 5.75 Å². The summed E-state index contributed by atoms with van der Waals surface area (Å²) in [5.41, 5.74) is 1.14. The van der Waals surface area contributed by atoms with Crippen LogP contribution in [0.15, 0.2) is 24.3 Å². The fraction of sp³-hybridized carbons (Fsp3) is 0.462. The van der Waals surface area contributed by atoms with Gasteiger partial charge in [0.1, 0.15) is 5.75 Å². The number of ether oxygens (including phenoxy) is 1. The van der Waals surface area contributed by atoms with Gasteiger partial charge in [-0.3, -0.25) is 4.79 Å². The van der Waals surface area contributed by atoms with Crippen LogP contribution in [-0.4, -0.2) is 29.8 Å². The number of carbonyl (C=O) groups is 1. The van der Waals surface area contributed by atoms with Crippen molar-refractivity contribution in [2.75, 3.05) is 6.61 Å². The summed E-state index contributed by atoms with van der Waals surface area (Å²) < 4.78 is 5.48. The maximum Gasteiger partial charge on any atom is 0.261 e. The molecule has 17 heavy (non-hydrogen) atoms. The Morgan fingerprint density at radius 2 is 1.94 bits per heavy atom. The van der Waals surface area contributed by atoms with Crippen molar-refractivity contribution in [1.82, 2.24) is 5.32 Å².